The zero-order valence-electron chi connectivity index (χ0n) is 15.6. The molecule has 3 rings (SSSR count). The molecule has 6 heteroatoms. The van der Waals surface area contributed by atoms with Gasteiger partial charge in [0.05, 0.1) is 5.71 Å². The Morgan fingerprint density at radius 1 is 1.07 bits per heavy atom. The standard InChI is InChI=1S/C22H20ClN3O2/c1-15-14-19(23)8-9-20(15)28-16(2)22(27)26-25-21(17-6-4-3-5-7-17)18-10-12-24-13-11-18/h3-14,16H,1-2H3,(H,26,27)/b25-21+. The van der Waals surface area contributed by atoms with Crippen LogP contribution in [-0.4, -0.2) is 22.7 Å². The summed E-state index contributed by atoms with van der Waals surface area (Å²) >= 11 is 5.96. The Kier molecular flexibility index (Phi) is 6.40. The molecular weight excluding hydrogens is 374 g/mol. The van der Waals surface area contributed by atoms with Crippen LogP contribution in [0.15, 0.2) is 78.2 Å². The van der Waals surface area contributed by atoms with E-state index in [9.17, 15) is 4.79 Å². The highest BCUT2D eigenvalue weighted by Crippen LogP contribution is 2.22. The molecule has 1 unspecified atom stereocenters. The van der Waals surface area contributed by atoms with Crippen LogP contribution in [0.2, 0.25) is 5.02 Å². The van der Waals surface area contributed by atoms with Crippen LogP contribution in [0.3, 0.4) is 0 Å². The maximum atomic E-state index is 12.5. The number of hydrogen-bond acceptors (Lipinski definition) is 4. The van der Waals surface area contributed by atoms with Crippen molar-refractivity contribution in [1.82, 2.24) is 10.4 Å². The molecule has 28 heavy (non-hydrogen) atoms. The topological polar surface area (TPSA) is 63.6 Å². The number of halogens is 1. The molecule has 3 aromatic rings. The van der Waals surface area contributed by atoms with E-state index < -0.39 is 6.10 Å². The number of nitrogens with one attached hydrogen (secondary N) is 1. The lowest BCUT2D eigenvalue weighted by Gasteiger charge is -2.15. The van der Waals surface area contributed by atoms with Crippen molar-refractivity contribution in [3.63, 3.8) is 0 Å². The highest BCUT2D eigenvalue weighted by molar-refractivity contribution is 6.30. The molecule has 0 radical (unpaired) electrons. The van der Waals surface area contributed by atoms with Crippen molar-refractivity contribution in [1.29, 1.82) is 0 Å². The van der Waals surface area contributed by atoms with Crippen LogP contribution in [0.5, 0.6) is 5.75 Å². The number of aryl methyl sites for hydroxylation is 1. The molecule has 1 N–H and O–H groups in total. The minimum atomic E-state index is -0.724. The van der Waals surface area contributed by atoms with Gasteiger partial charge in [-0.1, -0.05) is 41.9 Å². The summed E-state index contributed by atoms with van der Waals surface area (Å²) in [6.07, 6.45) is 2.65. The Morgan fingerprint density at radius 3 is 2.43 bits per heavy atom. The van der Waals surface area contributed by atoms with Crippen molar-refractivity contribution in [3.05, 3.63) is 94.8 Å². The van der Waals surface area contributed by atoms with Crippen LogP contribution < -0.4 is 10.2 Å². The normalized spacial score (nSPS) is 12.3. The van der Waals surface area contributed by atoms with Gasteiger partial charge in [-0.3, -0.25) is 9.78 Å². The van der Waals surface area contributed by atoms with Gasteiger partial charge >= 0.3 is 0 Å². The number of pyridine rings is 1. The second-order valence-corrected chi connectivity index (χ2v) is 6.64. The van der Waals surface area contributed by atoms with E-state index in [0.29, 0.717) is 16.5 Å². The van der Waals surface area contributed by atoms with Crippen molar-refractivity contribution >= 4 is 23.2 Å². The van der Waals surface area contributed by atoms with Crippen molar-refractivity contribution in [2.45, 2.75) is 20.0 Å². The molecule has 5 nitrogen and oxygen atoms in total. The quantitative estimate of drug-likeness (QED) is 0.499. The van der Waals surface area contributed by atoms with E-state index in [-0.39, 0.29) is 5.91 Å². The number of nitrogens with zero attached hydrogens (tertiary/aromatic N) is 2. The van der Waals surface area contributed by atoms with Crippen molar-refractivity contribution < 1.29 is 9.53 Å². The summed E-state index contributed by atoms with van der Waals surface area (Å²) in [5.74, 6) is 0.255. The number of hydrazone groups is 1. The molecule has 1 aromatic heterocycles. The largest absolute Gasteiger partial charge is 0.481 e. The summed E-state index contributed by atoms with van der Waals surface area (Å²) in [5, 5.41) is 4.97. The van der Waals surface area contributed by atoms with E-state index in [4.69, 9.17) is 16.3 Å². The molecule has 0 fully saturated rings. The highest BCUT2D eigenvalue weighted by Gasteiger charge is 2.16. The third kappa shape index (κ3) is 4.96. The summed E-state index contributed by atoms with van der Waals surface area (Å²) in [6, 6.07) is 18.6. The van der Waals surface area contributed by atoms with Crippen molar-refractivity contribution in [2.75, 3.05) is 0 Å². The Balaban J connectivity index is 1.77. The van der Waals surface area contributed by atoms with Crippen LogP contribution >= 0.6 is 11.6 Å². The first-order chi connectivity index (χ1) is 13.5. The monoisotopic (exact) mass is 393 g/mol. The van der Waals surface area contributed by atoms with Crippen LogP contribution in [0, 0.1) is 6.92 Å². The maximum Gasteiger partial charge on any atom is 0.280 e. The van der Waals surface area contributed by atoms with E-state index >= 15 is 0 Å². The molecule has 142 valence electrons. The zero-order chi connectivity index (χ0) is 19.9. The number of carbonyl (C=O) groups is 1. The Bertz CT molecular complexity index is 934. The maximum absolute atomic E-state index is 12.5. The summed E-state index contributed by atoms with van der Waals surface area (Å²) in [6.45, 7) is 3.55. The summed E-state index contributed by atoms with van der Waals surface area (Å²) < 4.78 is 5.76. The van der Waals surface area contributed by atoms with Crippen LogP contribution in [-0.2, 0) is 4.79 Å². The molecular formula is C22H20ClN3O2. The van der Waals surface area contributed by atoms with Gasteiger partial charge in [-0.2, -0.15) is 5.10 Å². The van der Waals surface area contributed by atoms with Crippen LogP contribution in [0.4, 0.5) is 0 Å². The molecule has 1 amide bonds. The average molecular weight is 394 g/mol. The fraction of sp³-hybridized carbons (Fsp3) is 0.136. The third-order valence-corrected chi connectivity index (χ3v) is 4.32. The molecule has 0 saturated heterocycles. The van der Waals surface area contributed by atoms with Gasteiger partial charge in [0, 0.05) is 28.5 Å². The van der Waals surface area contributed by atoms with E-state index in [2.05, 4.69) is 15.5 Å². The van der Waals surface area contributed by atoms with Gasteiger partial charge in [0.1, 0.15) is 5.75 Å². The van der Waals surface area contributed by atoms with E-state index in [0.717, 1.165) is 16.7 Å². The van der Waals surface area contributed by atoms with Gasteiger partial charge < -0.3 is 4.74 Å². The van der Waals surface area contributed by atoms with Gasteiger partial charge in [0.25, 0.3) is 5.91 Å². The minimum Gasteiger partial charge on any atom is -0.481 e. The molecule has 0 aliphatic heterocycles. The summed E-state index contributed by atoms with van der Waals surface area (Å²) in [7, 11) is 0. The van der Waals surface area contributed by atoms with E-state index in [1.54, 1.807) is 37.5 Å². The van der Waals surface area contributed by atoms with Crippen molar-refractivity contribution in [2.24, 2.45) is 5.10 Å². The second kappa shape index (κ2) is 9.15. The molecule has 0 aliphatic rings. The number of benzene rings is 2. The first-order valence-electron chi connectivity index (χ1n) is 8.81. The molecule has 1 atom stereocenters. The van der Waals surface area contributed by atoms with Gasteiger partial charge in [-0.25, -0.2) is 5.43 Å². The molecule has 0 spiro atoms. The second-order valence-electron chi connectivity index (χ2n) is 6.21. The van der Waals surface area contributed by atoms with Gasteiger partial charge in [-0.15, -0.1) is 0 Å². The lowest BCUT2D eigenvalue weighted by molar-refractivity contribution is -0.127. The van der Waals surface area contributed by atoms with Crippen LogP contribution in [0.1, 0.15) is 23.6 Å². The smallest absolute Gasteiger partial charge is 0.280 e. The number of carbonyl (C=O) groups excluding carboxylic acids is 1. The molecule has 2 aromatic carbocycles. The molecule has 1 heterocycles. The Hall–Kier alpha value is -3.18. The average Bonchev–Trinajstić information content (AvgIpc) is 2.71. The number of rotatable bonds is 6. The molecule has 0 bridgehead atoms. The first kappa shape index (κ1) is 19.6. The molecule has 0 aliphatic carbocycles. The van der Waals surface area contributed by atoms with Gasteiger partial charge in [0.2, 0.25) is 0 Å². The number of hydrogen-bond donors (Lipinski definition) is 1. The highest BCUT2D eigenvalue weighted by atomic mass is 35.5. The Morgan fingerprint density at radius 2 is 1.75 bits per heavy atom. The zero-order valence-corrected chi connectivity index (χ0v) is 16.4. The predicted octanol–water partition coefficient (Wildman–Crippen LogP) is 4.38. The summed E-state index contributed by atoms with van der Waals surface area (Å²) in [4.78, 5) is 16.5. The van der Waals surface area contributed by atoms with E-state index in [1.807, 2.05) is 49.4 Å². The lowest BCUT2D eigenvalue weighted by Crippen LogP contribution is -2.34. The lowest BCUT2D eigenvalue weighted by atomic mass is 10.0. The fourth-order valence-corrected chi connectivity index (χ4v) is 2.82. The number of aromatic nitrogens is 1. The first-order valence-corrected chi connectivity index (χ1v) is 9.18. The predicted molar refractivity (Wildman–Crippen MR) is 111 cm³/mol. The fourth-order valence-electron chi connectivity index (χ4n) is 2.59. The van der Waals surface area contributed by atoms with Crippen LogP contribution in [0.25, 0.3) is 0 Å². The van der Waals surface area contributed by atoms with Gasteiger partial charge in [0.15, 0.2) is 6.10 Å². The van der Waals surface area contributed by atoms with E-state index in [1.165, 1.54) is 0 Å². The molecule has 0 saturated carbocycles. The number of ether oxygens (including phenoxy) is 1. The summed E-state index contributed by atoms with van der Waals surface area (Å²) in [5.41, 5.74) is 5.85. The third-order valence-electron chi connectivity index (χ3n) is 4.09. The minimum absolute atomic E-state index is 0.350. The number of amides is 1. The SMILES string of the molecule is Cc1cc(Cl)ccc1OC(C)C(=O)N/N=C(\c1ccccc1)c1ccncc1. The van der Waals surface area contributed by atoms with Crippen molar-refractivity contribution in [3.8, 4) is 5.75 Å². The van der Waals surface area contributed by atoms with Gasteiger partial charge in [-0.05, 0) is 49.7 Å². The Labute approximate surface area is 169 Å².